The lowest BCUT2D eigenvalue weighted by atomic mass is 9.54. The molecule has 4 atom stereocenters. The van der Waals surface area contributed by atoms with Crippen LogP contribution in [0.1, 0.15) is 114 Å². The van der Waals surface area contributed by atoms with Crippen molar-refractivity contribution in [2.24, 2.45) is 35.5 Å². The molecule has 4 aliphatic rings. The van der Waals surface area contributed by atoms with Crippen molar-refractivity contribution in [3.05, 3.63) is 113 Å². The van der Waals surface area contributed by atoms with Crippen LogP contribution >= 0.6 is 22.7 Å². The molecule has 0 saturated heterocycles. The third-order valence-corrected chi connectivity index (χ3v) is 18.3. The highest BCUT2D eigenvalue weighted by atomic mass is 32.1. The fraction of sp³-hybridized carbons (Fsp3) is 0.421. The van der Waals surface area contributed by atoms with E-state index in [4.69, 9.17) is 4.98 Å². The van der Waals surface area contributed by atoms with E-state index in [0.29, 0.717) is 35.2 Å². The van der Waals surface area contributed by atoms with Crippen molar-refractivity contribution in [1.29, 1.82) is 0 Å². The number of aromatic nitrogens is 1. The average molecular weight is 856 g/mol. The van der Waals surface area contributed by atoms with E-state index in [1.807, 2.05) is 0 Å². The molecule has 0 aliphatic heterocycles. The summed E-state index contributed by atoms with van der Waals surface area (Å²) in [5.74, 6) is 4.99. The standard InChI is InChI=1S/C57H61NO2S2/c1-32-22-42(52(59)44(24-32)56-26-34(3)18-38(30-56)19-35(4)27-56)54-50(40-12-7-9-16-48(40)61-54)46-14-11-15-47(58-46)51-41-13-8-10-17-49(41)62-55(51)43-23-33(2)25-45(53(43)60)57-28-36(5)20-39(31-57)21-37(6)29-57/h7-17,22-25,34-39,59-60H,18-21,26-31H2,1-6H3. The normalized spacial score (nSPS) is 28.4. The average Bonchev–Trinajstić information content (AvgIpc) is 3.80. The summed E-state index contributed by atoms with van der Waals surface area (Å²) in [5, 5.41) is 27.7. The molecule has 318 valence electrons. The Bertz CT molecular complexity index is 2650. The van der Waals surface area contributed by atoms with E-state index >= 15 is 0 Å². The Hall–Kier alpha value is -4.45. The van der Waals surface area contributed by atoms with E-state index in [1.54, 1.807) is 22.7 Å². The predicted octanol–water partition coefficient (Wildman–Crippen LogP) is 16.4. The van der Waals surface area contributed by atoms with Crippen LogP contribution in [0.15, 0.2) is 91.0 Å². The molecular formula is C57H61NO2S2. The smallest absolute Gasteiger partial charge is 0.128 e. The van der Waals surface area contributed by atoms with Gasteiger partial charge in [-0.2, -0.15) is 0 Å². The molecule has 0 radical (unpaired) electrons. The van der Waals surface area contributed by atoms with Gasteiger partial charge in [-0.05, 0) is 172 Å². The minimum atomic E-state index is 0.00326. The summed E-state index contributed by atoms with van der Waals surface area (Å²) < 4.78 is 2.38. The van der Waals surface area contributed by atoms with Gasteiger partial charge < -0.3 is 10.2 Å². The number of phenols is 2. The highest BCUT2D eigenvalue weighted by Gasteiger charge is 2.48. The number of aryl methyl sites for hydroxylation is 2. The number of benzene rings is 4. The van der Waals surface area contributed by atoms with Gasteiger partial charge in [0.1, 0.15) is 11.5 Å². The van der Waals surface area contributed by atoms with Gasteiger partial charge in [-0.1, -0.05) is 82.3 Å². The Kier molecular flexibility index (Phi) is 9.81. The zero-order valence-electron chi connectivity index (χ0n) is 37.4. The number of aromatic hydroxyl groups is 2. The van der Waals surface area contributed by atoms with Crippen molar-refractivity contribution < 1.29 is 10.2 Å². The summed E-state index contributed by atoms with van der Waals surface area (Å²) >= 11 is 3.55. The summed E-state index contributed by atoms with van der Waals surface area (Å²) in [7, 11) is 0. The minimum absolute atomic E-state index is 0.00326. The second-order valence-corrected chi connectivity index (χ2v) is 23.4. The number of pyridine rings is 1. The SMILES string of the molecule is Cc1cc(-c2sc3ccccc3c2-c2cccc(-c3c(-c4cc(C)cc(C56CC(C)CC(CC(C)C5)C6)c4O)sc4ccccc34)n2)c(O)c(C23CC(C)CC(CC(C)C2)C3)c1. The maximum atomic E-state index is 12.7. The molecular weight excluding hydrogens is 795 g/mol. The first-order chi connectivity index (χ1) is 29.9. The number of thiophene rings is 2. The van der Waals surface area contributed by atoms with Crippen LogP contribution in [0.2, 0.25) is 0 Å². The van der Waals surface area contributed by atoms with Crippen LogP contribution in [-0.4, -0.2) is 15.2 Å². The Morgan fingerprint density at radius 3 is 1.29 bits per heavy atom. The lowest BCUT2D eigenvalue weighted by Gasteiger charge is -2.50. The minimum Gasteiger partial charge on any atom is -0.507 e. The number of fused-ring (bicyclic) bond motifs is 6. The van der Waals surface area contributed by atoms with Crippen molar-refractivity contribution >= 4 is 42.8 Å². The summed E-state index contributed by atoms with van der Waals surface area (Å²) in [6.07, 6.45) is 12.1. The number of phenolic OH excluding ortho intramolecular Hbond substituents is 2. The molecule has 2 N–H and O–H groups in total. The molecule has 4 aromatic carbocycles. The number of nitrogens with zero attached hydrogens (tertiary/aromatic N) is 1. The van der Waals surface area contributed by atoms with E-state index in [1.165, 1.54) is 59.1 Å². The predicted molar refractivity (Wildman–Crippen MR) is 263 cm³/mol. The highest BCUT2D eigenvalue weighted by molar-refractivity contribution is 7.23. The first kappa shape index (κ1) is 40.3. The van der Waals surface area contributed by atoms with Crippen LogP contribution < -0.4 is 0 Å². The van der Waals surface area contributed by atoms with Crippen molar-refractivity contribution in [1.82, 2.24) is 4.98 Å². The van der Waals surface area contributed by atoms with Gasteiger partial charge in [0.25, 0.3) is 0 Å². The Labute approximate surface area is 376 Å². The lowest BCUT2D eigenvalue weighted by molar-refractivity contribution is 0.0761. The van der Waals surface area contributed by atoms with Gasteiger partial charge in [0.05, 0.1) is 11.4 Å². The Morgan fingerprint density at radius 2 is 0.887 bits per heavy atom. The van der Waals surface area contributed by atoms with Crippen molar-refractivity contribution in [2.45, 2.75) is 117 Å². The maximum Gasteiger partial charge on any atom is 0.128 e. The fourth-order valence-corrected chi connectivity index (χ4v) is 16.9. The maximum absolute atomic E-state index is 12.7. The molecule has 7 aromatic rings. The molecule has 4 unspecified atom stereocenters. The van der Waals surface area contributed by atoms with Crippen molar-refractivity contribution in [3.8, 4) is 54.9 Å². The monoisotopic (exact) mass is 855 g/mol. The van der Waals surface area contributed by atoms with E-state index < -0.39 is 0 Å². The van der Waals surface area contributed by atoms with Crippen LogP contribution in [0, 0.1) is 49.4 Å². The van der Waals surface area contributed by atoms with Crippen LogP contribution in [0.25, 0.3) is 63.6 Å². The van der Waals surface area contributed by atoms with E-state index in [-0.39, 0.29) is 10.8 Å². The quantitative estimate of drug-likeness (QED) is 0.175. The molecule has 3 heterocycles. The zero-order valence-corrected chi connectivity index (χ0v) is 39.0. The topological polar surface area (TPSA) is 53.4 Å². The molecule has 0 amide bonds. The number of rotatable bonds is 6. The molecule has 0 spiro atoms. The van der Waals surface area contributed by atoms with Gasteiger partial charge in [0, 0.05) is 63.3 Å². The summed E-state index contributed by atoms with van der Waals surface area (Å²) in [6.45, 7) is 14.1. The Morgan fingerprint density at radius 1 is 0.500 bits per heavy atom. The van der Waals surface area contributed by atoms with Gasteiger partial charge in [0.15, 0.2) is 0 Å². The van der Waals surface area contributed by atoms with Gasteiger partial charge in [-0.15, -0.1) is 22.7 Å². The molecule has 5 heteroatoms. The number of hydrogen-bond acceptors (Lipinski definition) is 5. The lowest BCUT2D eigenvalue weighted by Crippen LogP contribution is -2.42. The first-order valence-corrected chi connectivity index (χ1v) is 25.2. The zero-order chi connectivity index (χ0) is 42.7. The summed E-state index contributed by atoms with van der Waals surface area (Å²) in [6, 6.07) is 32.9. The largest absolute Gasteiger partial charge is 0.507 e. The van der Waals surface area contributed by atoms with Crippen LogP contribution in [0.5, 0.6) is 11.5 Å². The fourth-order valence-electron chi connectivity index (χ4n) is 14.5. The van der Waals surface area contributed by atoms with Gasteiger partial charge >= 0.3 is 0 Å². The molecule has 4 fully saturated rings. The Balaban J connectivity index is 1.08. The van der Waals surface area contributed by atoms with Gasteiger partial charge in [-0.3, -0.25) is 0 Å². The summed E-state index contributed by atoms with van der Waals surface area (Å²) in [5.41, 5.74) is 10.6. The molecule has 11 rings (SSSR count). The summed E-state index contributed by atoms with van der Waals surface area (Å²) in [4.78, 5) is 7.81. The first-order valence-electron chi connectivity index (χ1n) is 23.6. The van der Waals surface area contributed by atoms with E-state index in [0.717, 1.165) is 103 Å². The van der Waals surface area contributed by atoms with E-state index in [2.05, 4.69) is 133 Å². The molecule has 62 heavy (non-hydrogen) atoms. The van der Waals surface area contributed by atoms with Crippen molar-refractivity contribution in [3.63, 3.8) is 0 Å². The highest BCUT2D eigenvalue weighted by Crippen LogP contribution is 2.60. The van der Waals surface area contributed by atoms with E-state index in [9.17, 15) is 10.2 Å². The molecule has 3 aromatic heterocycles. The van der Waals surface area contributed by atoms with Crippen LogP contribution in [0.3, 0.4) is 0 Å². The second kappa shape index (κ2) is 15.1. The molecule has 4 aliphatic carbocycles. The van der Waals surface area contributed by atoms with Crippen molar-refractivity contribution in [2.75, 3.05) is 0 Å². The van der Waals surface area contributed by atoms with Gasteiger partial charge in [-0.25, -0.2) is 4.98 Å². The molecule has 3 nitrogen and oxygen atoms in total. The van der Waals surface area contributed by atoms with Crippen LogP contribution in [-0.2, 0) is 10.8 Å². The van der Waals surface area contributed by atoms with Gasteiger partial charge in [0.2, 0.25) is 0 Å². The third-order valence-electron chi connectivity index (χ3n) is 15.9. The molecule has 4 saturated carbocycles. The number of hydrogen-bond donors (Lipinski definition) is 2. The third kappa shape index (κ3) is 6.66. The van der Waals surface area contributed by atoms with Crippen LogP contribution in [0.4, 0.5) is 0 Å². The second-order valence-electron chi connectivity index (χ2n) is 21.3. The molecule has 4 bridgehead atoms.